The van der Waals surface area contributed by atoms with Crippen LogP contribution in [0, 0.1) is 0 Å². The van der Waals surface area contributed by atoms with Gasteiger partial charge in [-0.2, -0.15) is 0 Å². The lowest BCUT2D eigenvalue weighted by molar-refractivity contribution is 0.123. The summed E-state index contributed by atoms with van der Waals surface area (Å²) < 4.78 is 7.85. The summed E-state index contributed by atoms with van der Waals surface area (Å²) in [5.41, 5.74) is 0. The van der Waals surface area contributed by atoms with Crippen LogP contribution in [0.2, 0.25) is 0 Å². The molecule has 1 aliphatic carbocycles. The predicted octanol–water partition coefficient (Wildman–Crippen LogP) is 2.24. The van der Waals surface area contributed by atoms with Crippen LogP contribution in [-0.2, 0) is 10.6 Å². The third-order valence-electron chi connectivity index (χ3n) is 3.39. The Morgan fingerprint density at radius 2 is 2.25 bits per heavy atom. The van der Waals surface area contributed by atoms with Crippen molar-refractivity contribution in [3.05, 3.63) is 11.6 Å². The summed E-state index contributed by atoms with van der Waals surface area (Å²) in [4.78, 5) is 0. The molecule has 0 amide bonds. The van der Waals surface area contributed by atoms with Gasteiger partial charge in [0.05, 0.1) is 18.6 Å². The number of hydrogen-bond acceptors (Lipinski definition) is 3. The van der Waals surface area contributed by atoms with Crippen molar-refractivity contribution >= 4 is 11.6 Å². The molecule has 1 saturated heterocycles. The van der Waals surface area contributed by atoms with Crippen LogP contribution in [-0.4, -0.2) is 27.5 Å². The fourth-order valence-corrected chi connectivity index (χ4v) is 2.62. The van der Waals surface area contributed by atoms with Crippen LogP contribution in [0.15, 0.2) is 0 Å². The van der Waals surface area contributed by atoms with E-state index in [9.17, 15) is 0 Å². The Balaban J connectivity index is 1.91. The zero-order chi connectivity index (χ0) is 11.1. The first-order valence-corrected chi connectivity index (χ1v) is 6.44. The Morgan fingerprint density at radius 3 is 2.81 bits per heavy atom. The zero-order valence-electron chi connectivity index (χ0n) is 9.40. The molecule has 1 aliphatic heterocycles. The first-order chi connectivity index (χ1) is 7.79. The fourth-order valence-electron chi connectivity index (χ4n) is 2.43. The van der Waals surface area contributed by atoms with Gasteiger partial charge < -0.3 is 9.30 Å². The van der Waals surface area contributed by atoms with E-state index < -0.39 is 0 Å². The molecule has 2 fully saturated rings. The molecule has 2 unspecified atom stereocenters. The topological polar surface area (TPSA) is 39.9 Å². The Morgan fingerprint density at radius 1 is 1.44 bits per heavy atom. The van der Waals surface area contributed by atoms with E-state index in [1.54, 1.807) is 0 Å². The van der Waals surface area contributed by atoms with Crippen molar-refractivity contribution < 1.29 is 4.74 Å². The maximum atomic E-state index is 5.90. The number of aromatic nitrogens is 3. The van der Waals surface area contributed by atoms with Crippen LogP contribution in [0.3, 0.4) is 0 Å². The fraction of sp³-hybridized carbons (Fsp3) is 0.818. The quantitative estimate of drug-likeness (QED) is 0.762. The van der Waals surface area contributed by atoms with E-state index in [2.05, 4.69) is 21.7 Å². The van der Waals surface area contributed by atoms with Crippen molar-refractivity contribution in [1.82, 2.24) is 14.8 Å². The number of nitrogens with zero attached hydrogens (tertiary/aromatic N) is 3. The van der Waals surface area contributed by atoms with Crippen LogP contribution in [0.4, 0.5) is 0 Å². The minimum absolute atomic E-state index is 0.341. The highest BCUT2D eigenvalue weighted by Crippen LogP contribution is 2.40. The number of hydrogen-bond donors (Lipinski definition) is 0. The van der Waals surface area contributed by atoms with E-state index >= 15 is 0 Å². The summed E-state index contributed by atoms with van der Waals surface area (Å²) in [6.45, 7) is 2.88. The molecule has 2 aliphatic rings. The van der Waals surface area contributed by atoms with Crippen molar-refractivity contribution in [3.8, 4) is 0 Å². The summed E-state index contributed by atoms with van der Waals surface area (Å²) in [5, 5.41) is 8.50. The summed E-state index contributed by atoms with van der Waals surface area (Å²) in [6, 6.07) is 0.592. The summed E-state index contributed by atoms with van der Waals surface area (Å²) >= 11 is 5.90. The summed E-state index contributed by atoms with van der Waals surface area (Å²) in [6.07, 6.45) is 3.86. The minimum Gasteiger partial charge on any atom is -0.378 e. The minimum atomic E-state index is 0.341. The molecule has 0 bridgehead atoms. The van der Waals surface area contributed by atoms with Gasteiger partial charge in [0.25, 0.3) is 0 Å². The molecule has 1 aromatic heterocycles. The summed E-state index contributed by atoms with van der Waals surface area (Å²) in [7, 11) is 0. The molecule has 1 aromatic rings. The largest absolute Gasteiger partial charge is 0.378 e. The molecule has 2 heterocycles. The second-order valence-corrected chi connectivity index (χ2v) is 5.05. The van der Waals surface area contributed by atoms with Gasteiger partial charge >= 0.3 is 0 Å². The highest BCUT2D eigenvalue weighted by Gasteiger charge is 2.34. The third-order valence-corrected chi connectivity index (χ3v) is 3.63. The molecule has 0 aromatic carbocycles. The van der Waals surface area contributed by atoms with Crippen molar-refractivity contribution in [2.75, 3.05) is 6.61 Å². The van der Waals surface area contributed by atoms with E-state index in [-0.39, 0.29) is 0 Å². The molecule has 3 rings (SSSR count). The molecule has 2 atom stereocenters. The van der Waals surface area contributed by atoms with Gasteiger partial charge in [-0.05, 0) is 26.2 Å². The van der Waals surface area contributed by atoms with Crippen LogP contribution >= 0.6 is 11.6 Å². The van der Waals surface area contributed by atoms with Crippen LogP contribution < -0.4 is 0 Å². The molecule has 0 radical (unpaired) electrons. The molecule has 1 saturated carbocycles. The molecule has 5 heteroatoms. The molecular formula is C11H16ClN3O. The highest BCUT2D eigenvalue weighted by molar-refractivity contribution is 6.16. The summed E-state index contributed by atoms with van der Waals surface area (Å²) in [5.74, 6) is 2.85. The Kier molecular flexibility index (Phi) is 2.64. The van der Waals surface area contributed by atoms with Crippen LogP contribution in [0.5, 0.6) is 0 Å². The smallest absolute Gasteiger partial charge is 0.148 e. The second kappa shape index (κ2) is 4.00. The van der Waals surface area contributed by atoms with Crippen LogP contribution in [0.25, 0.3) is 0 Å². The van der Waals surface area contributed by atoms with E-state index in [1.165, 1.54) is 12.8 Å². The van der Waals surface area contributed by atoms with Gasteiger partial charge in [-0.1, -0.05) is 0 Å². The average Bonchev–Trinajstić information content (AvgIpc) is 2.88. The van der Waals surface area contributed by atoms with E-state index in [0.29, 0.717) is 23.9 Å². The number of rotatable bonds is 3. The Bertz CT molecular complexity index is 389. The van der Waals surface area contributed by atoms with Crippen molar-refractivity contribution in [1.29, 1.82) is 0 Å². The lowest BCUT2D eigenvalue weighted by atomic mass is 10.1. The standard InChI is InChI=1S/C11H16ClN3O/c1-7-4-8(6-16-7)11-14-13-10(5-12)15(11)9-2-3-9/h7-9H,2-6H2,1H3. The maximum absolute atomic E-state index is 5.90. The number of alkyl halides is 1. The number of halogens is 1. The van der Waals surface area contributed by atoms with Crippen molar-refractivity contribution in [3.63, 3.8) is 0 Å². The van der Waals surface area contributed by atoms with Gasteiger partial charge in [-0.3, -0.25) is 0 Å². The Labute approximate surface area is 99.9 Å². The lowest BCUT2D eigenvalue weighted by Crippen LogP contribution is -2.10. The molecule has 0 N–H and O–H groups in total. The van der Waals surface area contributed by atoms with Crippen molar-refractivity contribution in [2.45, 2.75) is 50.1 Å². The zero-order valence-corrected chi connectivity index (χ0v) is 10.2. The molecule has 88 valence electrons. The first-order valence-electron chi connectivity index (χ1n) is 5.91. The van der Waals surface area contributed by atoms with Gasteiger partial charge in [0.2, 0.25) is 0 Å². The molecular weight excluding hydrogens is 226 g/mol. The monoisotopic (exact) mass is 241 g/mol. The van der Waals surface area contributed by atoms with E-state index in [0.717, 1.165) is 24.7 Å². The highest BCUT2D eigenvalue weighted by atomic mass is 35.5. The second-order valence-electron chi connectivity index (χ2n) is 4.79. The molecule has 4 nitrogen and oxygen atoms in total. The normalized spacial score (nSPS) is 29.9. The molecule has 0 spiro atoms. The van der Waals surface area contributed by atoms with Gasteiger partial charge in [0.15, 0.2) is 0 Å². The average molecular weight is 242 g/mol. The third kappa shape index (κ3) is 1.74. The lowest BCUT2D eigenvalue weighted by Gasteiger charge is -2.11. The van der Waals surface area contributed by atoms with Gasteiger partial charge in [0, 0.05) is 12.0 Å². The first kappa shape index (κ1) is 10.5. The number of ether oxygens (including phenoxy) is 1. The SMILES string of the molecule is CC1CC(c2nnc(CCl)n2C2CC2)CO1. The van der Waals surface area contributed by atoms with Gasteiger partial charge in [-0.25, -0.2) is 0 Å². The Hall–Kier alpha value is -0.610. The van der Waals surface area contributed by atoms with E-state index in [1.807, 2.05) is 0 Å². The maximum Gasteiger partial charge on any atom is 0.148 e. The molecule has 16 heavy (non-hydrogen) atoms. The predicted molar refractivity (Wildman–Crippen MR) is 60.6 cm³/mol. The van der Waals surface area contributed by atoms with Crippen LogP contribution in [0.1, 0.15) is 49.8 Å². The van der Waals surface area contributed by atoms with Gasteiger partial charge in [-0.15, -0.1) is 21.8 Å². The van der Waals surface area contributed by atoms with Crippen molar-refractivity contribution in [2.24, 2.45) is 0 Å². The van der Waals surface area contributed by atoms with Gasteiger partial charge in [0.1, 0.15) is 11.6 Å². The van der Waals surface area contributed by atoms with E-state index in [4.69, 9.17) is 16.3 Å².